The molecule has 0 amide bonds. The van der Waals surface area contributed by atoms with Crippen molar-refractivity contribution in [2.24, 2.45) is 0 Å². The van der Waals surface area contributed by atoms with Crippen LogP contribution in [0.5, 0.6) is 5.75 Å². The van der Waals surface area contributed by atoms with Crippen LogP contribution in [0, 0.1) is 5.82 Å². The van der Waals surface area contributed by atoms with E-state index in [-0.39, 0.29) is 12.3 Å². The number of hydrogen-bond donors (Lipinski definition) is 1. The number of nitrogens with one attached hydrogen (secondary N) is 1. The van der Waals surface area contributed by atoms with Gasteiger partial charge in [-0.2, -0.15) is 0 Å². The normalized spacial score (nSPS) is 13.7. The largest absolute Gasteiger partial charge is 0.573 e. The molecule has 1 unspecified atom stereocenters. The number of benzene rings is 1. The Morgan fingerprint density at radius 3 is 2.54 bits per heavy atom. The smallest absolute Gasteiger partial charge is 0.403 e. The van der Waals surface area contributed by atoms with Gasteiger partial charge in [0.05, 0.1) is 6.61 Å². The molecule has 0 aromatic heterocycles. The number of allylic oxidation sites excluding steroid dienone is 1. The van der Waals surface area contributed by atoms with Crippen LogP contribution in [-0.2, 0) is 9.53 Å². The third kappa shape index (κ3) is 7.43. The third-order valence-electron chi connectivity index (χ3n) is 3.71. The van der Waals surface area contributed by atoms with Crippen molar-refractivity contribution in [2.75, 3.05) is 19.0 Å². The fourth-order valence-electron chi connectivity index (χ4n) is 2.53. The molecule has 4 nitrogen and oxygen atoms in total. The molecule has 0 saturated carbocycles. The number of methoxy groups -OCH3 is 1. The highest BCUT2D eigenvalue weighted by molar-refractivity contribution is 5.71. The van der Waals surface area contributed by atoms with Crippen molar-refractivity contribution in [1.29, 1.82) is 0 Å². The number of hydrogen-bond acceptors (Lipinski definition) is 4. The van der Waals surface area contributed by atoms with Gasteiger partial charge < -0.3 is 19.6 Å². The summed E-state index contributed by atoms with van der Waals surface area (Å²) in [6, 6.07) is 2.95. The fourth-order valence-corrected chi connectivity index (χ4v) is 2.53. The van der Waals surface area contributed by atoms with Gasteiger partial charge in [0.2, 0.25) is 0 Å². The Morgan fingerprint density at radius 1 is 1.23 bits per heavy atom. The number of halogens is 4. The Morgan fingerprint density at radius 2 is 1.96 bits per heavy atom. The Hall–Kier alpha value is -2.09. The zero-order valence-electron chi connectivity index (χ0n) is 14.6. The van der Waals surface area contributed by atoms with Crippen LogP contribution >= 0.6 is 0 Å². The first-order valence-corrected chi connectivity index (χ1v) is 8.15. The standard InChI is InChI=1S/C18H23F4NO3/c1-3-4-5-6-7-10-17(12-24,13-25-2)23-14-8-9-15(19)16(11-14)26-18(20,21)22/h3,8-9,11-12,23H,1,4-7,10,13H2,2H3. The number of ether oxygens (including phenoxy) is 2. The predicted molar refractivity (Wildman–Crippen MR) is 90.7 cm³/mol. The van der Waals surface area contributed by atoms with E-state index in [1.807, 2.05) is 0 Å². The van der Waals surface area contributed by atoms with Crippen LogP contribution in [0.15, 0.2) is 30.9 Å². The minimum absolute atomic E-state index is 0.0186. The molecule has 26 heavy (non-hydrogen) atoms. The van der Waals surface area contributed by atoms with Gasteiger partial charge in [0.25, 0.3) is 0 Å². The molecule has 0 bridgehead atoms. The quantitative estimate of drug-likeness (QED) is 0.245. The van der Waals surface area contributed by atoms with Crippen molar-refractivity contribution < 1.29 is 31.8 Å². The van der Waals surface area contributed by atoms with Crippen LogP contribution in [0.1, 0.15) is 32.1 Å². The molecule has 1 aromatic carbocycles. The number of unbranched alkanes of at least 4 members (excludes halogenated alkanes) is 3. The van der Waals surface area contributed by atoms with Gasteiger partial charge in [0, 0.05) is 18.9 Å². The first kappa shape index (κ1) is 22.0. The van der Waals surface area contributed by atoms with E-state index in [2.05, 4.69) is 16.6 Å². The first-order chi connectivity index (χ1) is 12.2. The average Bonchev–Trinajstić information content (AvgIpc) is 2.56. The van der Waals surface area contributed by atoms with Crippen LogP contribution in [0.2, 0.25) is 0 Å². The van der Waals surface area contributed by atoms with Gasteiger partial charge in [0.15, 0.2) is 11.6 Å². The number of rotatable bonds is 12. The van der Waals surface area contributed by atoms with E-state index < -0.39 is 23.5 Å². The number of carbonyl (C=O) groups excluding carboxylic acids is 1. The summed E-state index contributed by atoms with van der Waals surface area (Å²) in [6.45, 7) is 3.66. The van der Waals surface area contributed by atoms with Crippen molar-refractivity contribution >= 4 is 12.0 Å². The van der Waals surface area contributed by atoms with E-state index in [0.717, 1.165) is 31.4 Å². The van der Waals surface area contributed by atoms with Crippen molar-refractivity contribution in [2.45, 2.75) is 44.0 Å². The van der Waals surface area contributed by atoms with E-state index >= 15 is 0 Å². The average molecular weight is 377 g/mol. The summed E-state index contributed by atoms with van der Waals surface area (Å²) in [7, 11) is 1.42. The second kappa shape index (κ2) is 10.2. The van der Waals surface area contributed by atoms with Gasteiger partial charge in [-0.05, 0) is 31.4 Å². The van der Waals surface area contributed by atoms with Crippen molar-refractivity contribution in [3.8, 4) is 5.75 Å². The molecular formula is C18H23F4NO3. The Labute approximate surface area is 150 Å². The highest BCUT2D eigenvalue weighted by Gasteiger charge is 2.33. The predicted octanol–water partition coefficient (Wildman–Crippen LogP) is 4.86. The van der Waals surface area contributed by atoms with Gasteiger partial charge >= 0.3 is 6.36 Å². The summed E-state index contributed by atoms with van der Waals surface area (Å²) < 4.78 is 59.3. The molecule has 8 heteroatoms. The number of aldehydes is 1. The second-order valence-corrected chi connectivity index (χ2v) is 5.91. The summed E-state index contributed by atoms with van der Waals surface area (Å²) in [4.78, 5) is 11.7. The molecule has 0 heterocycles. The molecule has 0 fully saturated rings. The zero-order valence-corrected chi connectivity index (χ0v) is 14.6. The highest BCUT2D eigenvalue weighted by atomic mass is 19.4. The minimum Gasteiger partial charge on any atom is -0.403 e. The van der Waals surface area contributed by atoms with Crippen LogP contribution < -0.4 is 10.1 Å². The molecule has 0 aliphatic carbocycles. The van der Waals surface area contributed by atoms with Crippen LogP contribution in [0.3, 0.4) is 0 Å². The maximum Gasteiger partial charge on any atom is 0.573 e. The Balaban J connectivity index is 2.91. The molecule has 0 aliphatic rings. The molecule has 0 radical (unpaired) electrons. The SMILES string of the molecule is C=CCCCCCC(C=O)(COC)Nc1ccc(F)c(OC(F)(F)F)c1. The van der Waals surface area contributed by atoms with Crippen LogP contribution in [0.25, 0.3) is 0 Å². The summed E-state index contributed by atoms with van der Waals surface area (Å²) in [5.41, 5.74) is -1.00. The lowest BCUT2D eigenvalue weighted by Gasteiger charge is -2.30. The van der Waals surface area contributed by atoms with Crippen molar-refractivity contribution in [3.05, 3.63) is 36.7 Å². The summed E-state index contributed by atoms with van der Waals surface area (Å²) in [6.07, 6.45) is 1.22. The van der Waals surface area contributed by atoms with E-state index in [4.69, 9.17) is 4.74 Å². The molecule has 0 saturated heterocycles. The molecule has 146 valence electrons. The van der Waals surface area contributed by atoms with E-state index in [0.29, 0.717) is 19.1 Å². The molecule has 0 spiro atoms. The molecule has 1 atom stereocenters. The van der Waals surface area contributed by atoms with Gasteiger partial charge in [-0.15, -0.1) is 19.8 Å². The second-order valence-electron chi connectivity index (χ2n) is 5.91. The van der Waals surface area contributed by atoms with Gasteiger partial charge in [-0.3, -0.25) is 0 Å². The number of carbonyl (C=O) groups is 1. The lowest BCUT2D eigenvalue weighted by molar-refractivity contribution is -0.275. The number of anilines is 1. The summed E-state index contributed by atoms with van der Waals surface area (Å²) in [5, 5.41) is 2.86. The lowest BCUT2D eigenvalue weighted by Crippen LogP contribution is -2.44. The van der Waals surface area contributed by atoms with Gasteiger partial charge in [-0.25, -0.2) is 4.39 Å². The minimum atomic E-state index is -5.01. The Kier molecular flexibility index (Phi) is 8.57. The fraction of sp³-hybridized carbons (Fsp3) is 0.500. The maximum atomic E-state index is 13.5. The van der Waals surface area contributed by atoms with E-state index in [1.54, 1.807) is 6.08 Å². The van der Waals surface area contributed by atoms with Crippen molar-refractivity contribution in [1.82, 2.24) is 0 Å². The molecular weight excluding hydrogens is 354 g/mol. The molecule has 1 aromatic rings. The topological polar surface area (TPSA) is 47.6 Å². The van der Waals surface area contributed by atoms with Gasteiger partial charge in [-0.1, -0.05) is 18.9 Å². The monoisotopic (exact) mass is 377 g/mol. The Bertz CT molecular complexity index is 592. The maximum absolute atomic E-state index is 13.5. The van der Waals surface area contributed by atoms with E-state index in [9.17, 15) is 22.4 Å². The highest BCUT2D eigenvalue weighted by Crippen LogP contribution is 2.30. The third-order valence-corrected chi connectivity index (χ3v) is 3.71. The van der Waals surface area contributed by atoms with Crippen molar-refractivity contribution in [3.63, 3.8) is 0 Å². The molecule has 1 N–H and O–H groups in total. The number of alkyl halides is 3. The first-order valence-electron chi connectivity index (χ1n) is 8.15. The van der Waals surface area contributed by atoms with Crippen LogP contribution in [-0.4, -0.2) is 31.9 Å². The van der Waals surface area contributed by atoms with Gasteiger partial charge in [0.1, 0.15) is 11.8 Å². The summed E-state index contributed by atoms with van der Waals surface area (Å²) in [5.74, 6) is -2.12. The summed E-state index contributed by atoms with van der Waals surface area (Å²) >= 11 is 0. The molecule has 1 rings (SSSR count). The van der Waals surface area contributed by atoms with Crippen LogP contribution in [0.4, 0.5) is 23.2 Å². The van der Waals surface area contributed by atoms with E-state index in [1.165, 1.54) is 13.2 Å². The molecule has 0 aliphatic heterocycles. The zero-order chi connectivity index (χ0) is 19.6. The lowest BCUT2D eigenvalue weighted by atomic mass is 9.93.